The Balaban J connectivity index is 1.80. The summed E-state index contributed by atoms with van der Waals surface area (Å²) in [5.74, 6) is 0.346. The van der Waals surface area contributed by atoms with Crippen LogP contribution >= 0.6 is 23.4 Å². The van der Waals surface area contributed by atoms with E-state index >= 15 is 0 Å². The van der Waals surface area contributed by atoms with E-state index in [1.54, 1.807) is 28.8 Å². The monoisotopic (exact) mass is 448 g/mol. The Labute approximate surface area is 184 Å². The van der Waals surface area contributed by atoms with Crippen LogP contribution in [0.1, 0.15) is 40.3 Å². The molecule has 0 bridgehead atoms. The lowest BCUT2D eigenvalue weighted by atomic mass is 9.92. The lowest BCUT2D eigenvalue weighted by Crippen LogP contribution is -2.26. The fraction of sp³-hybridized carbons (Fsp3) is 0.429. The maximum absolute atomic E-state index is 13.0. The highest BCUT2D eigenvalue weighted by molar-refractivity contribution is 7.99. The van der Waals surface area contributed by atoms with Crippen molar-refractivity contribution in [2.45, 2.75) is 51.7 Å². The number of halogens is 1. The molecular weight excluding hydrogens is 424 g/mol. The lowest BCUT2D eigenvalue weighted by Gasteiger charge is -2.15. The standard InChI is InChI=1S/C21H25ClN4O3S/c1-12(2)10-26-19(28)14-8-13(22)6-7-15(14)23-20(26)30-11-17(27)24-18-9-16(25-29-18)21(3,4)5/h6-9,12H,10-11H2,1-5H3,(H,24,27). The van der Waals surface area contributed by atoms with Crippen molar-refractivity contribution in [1.29, 1.82) is 0 Å². The highest BCUT2D eigenvalue weighted by atomic mass is 35.5. The van der Waals surface area contributed by atoms with Gasteiger partial charge in [0.05, 0.1) is 22.3 Å². The molecule has 3 aromatic rings. The molecule has 3 rings (SSSR count). The van der Waals surface area contributed by atoms with Gasteiger partial charge in [-0.05, 0) is 24.1 Å². The molecule has 0 saturated heterocycles. The average molecular weight is 449 g/mol. The molecule has 0 aliphatic heterocycles. The van der Waals surface area contributed by atoms with E-state index in [4.69, 9.17) is 16.1 Å². The fourth-order valence-electron chi connectivity index (χ4n) is 2.80. The number of amides is 1. The summed E-state index contributed by atoms with van der Waals surface area (Å²) in [7, 11) is 0. The first-order valence-corrected chi connectivity index (χ1v) is 11.0. The second kappa shape index (κ2) is 8.81. The van der Waals surface area contributed by atoms with Gasteiger partial charge in [0.2, 0.25) is 11.8 Å². The summed E-state index contributed by atoms with van der Waals surface area (Å²) in [5, 5.41) is 8.14. The van der Waals surface area contributed by atoms with Crippen LogP contribution in [0.4, 0.5) is 5.88 Å². The summed E-state index contributed by atoms with van der Waals surface area (Å²) in [6, 6.07) is 6.75. The van der Waals surface area contributed by atoms with Crippen molar-refractivity contribution in [2.75, 3.05) is 11.1 Å². The van der Waals surface area contributed by atoms with E-state index < -0.39 is 0 Å². The molecule has 160 valence electrons. The summed E-state index contributed by atoms with van der Waals surface area (Å²) < 4.78 is 6.81. The molecule has 0 radical (unpaired) electrons. The van der Waals surface area contributed by atoms with Gasteiger partial charge in [0, 0.05) is 23.0 Å². The zero-order chi connectivity index (χ0) is 22.1. The average Bonchev–Trinajstić information content (AvgIpc) is 3.12. The van der Waals surface area contributed by atoms with Gasteiger partial charge in [0.1, 0.15) is 0 Å². The van der Waals surface area contributed by atoms with Crippen LogP contribution in [0.15, 0.2) is 38.7 Å². The zero-order valence-electron chi connectivity index (χ0n) is 17.7. The number of anilines is 1. The number of rotatable bonds is 6. The number of benzene rings is 1. The minimum atomic E-state index is -0.266. The van der Waals surface area contributed by atoms with Gasteiger partial charge in [-0.3, -0.25) is 19.5 Å². The number of hydrogen-bond acceptors (Lipinski definition) is 6. The first kappa shape index (κ1) is 22.4. The molecule has 9 heteroatoms. The van der Waals surface area contributed by atoms with Crippen LogP contribution in [-0.4, -0.2) is 26.4 Å². The van der Waals surface area contributed by atoms with Crippen molar-refractivity contribution in [3.05, 3.63) is 45.3 Å². The van der Waals surface area contributed by atoms with Crippen LogP contribution in [0.3, 0.4) is 0 Å². The van der Waals surface area contributed by atoms with Crippen molar-refractivity contribution in [1.82, 2.24) is 14.7 Å². The Morgan fingerprint density at radius 3 is 2.67 bits per heavy atom. The number of nitrogens with zero attached hydrogens (tertiary/aromatic N) is 3. The highest BCUT2D eigenvalue weighted by Gasteiger charge is 2.20. The Hall–Kier alpha value is -2.32. The maximum Gasteiger partial charge on any atom is 0.262 e. The molecule has 30 heavy (non-hydrogen) atoms. The molecule has 0 spiro atoms. The molecule has 7 nitrogen and oxygen atoms in total. The Morgan fingerprint density at radius 2 is 2.03 bits per heavy atom. The molecule has 1 N–H and O–H groups in total. The smallest absolute Gasteiger partial charge is 0.262 e. The van der Waals surface area contributed by atoms with Gasteiger partial charge in [-0.25, -0.2) is 4.98 Å². The number of carbonyl (C=O) groups excluding carboxylic acids is 1. The molecule has 0 atom stereocenters. The first-order chi connectivity index (χ1) is 14.0. The quantitative estimate of drug-likeness (QED) is 0.433. The summed E-state index contributed by atoms with van der Waals surface area (Å²) in [6.07, 6.45) is 0. The summed E-state index contributed by atoms with van der Waals surface area (Å²) in [4.78, 5) is 30.0. The molecule has 2 aromatic heterocycles. The van der Waals surface area contributed by atoms with Crippen LogP contribution in [0.2, 0.25) is 5.02 Å². The van der Waals surface area contributed by atoms with E-state index in [1.807, 2.05) is 34.6 Å². The molecule has 1 amide bonds. The van der Waals surface area contributed by atoms with Crippen molar-refractivity contribution in [3.8, 4) is 0 Å². The molecular formula is C21H25ClN4O3S. The number of nitrogens with one attached hydrogen (secondary N) is 1. The van der Waals surface area contributed by atoms with Gasteiger partial charge in [-0.2, -0.15) is 0 Å². The van der Waals surface area contributed by atoms with E-state index in [1.165, 1.54) is 11.8 Å². The van der Waals surface area contributed by atoms with Gasteiger partial charge in [-0.1, -0.05) is 63.1 Å². The fourth-order valence-corrected chi connectivity index (χ4v) is 3.78. The second-order valence-corrected chi connectivity index (χ2v) is 9.91. The predicted molar refractivity (Wildman–Crippen MR) is 120 cm³/mol. The minimum Gasteiger partial charge on any atom is -0.338 e. The molecule has 0 aliphatic carbocycles. The lowest BCUT2D eigenvalue weighted by molar-refractivity contribution is -0.113. The van der Waals surface area contributed by atoms with Crippen LogP contribution < -0.4 is 10.9 Å². The van der Waals surface area contributed by atoms with Gasteiger partial charge in [-0.15, -0.1) is 0 Å². The van der Waals surface area contributed by atoms with Gasteiger partial charge >= 0.3 is 0 Å². The number of hydrogen-bond donors (Lipinski definition) is 1. The zero-order valence-corrected chi connectivity index (χ0v) is 19.2. The van der Waals surface area contributed by atoms with E-state index in [0.29, 0.717) is 33.5 Å². The third-order valence-corrected chi connectivity index (χ3v) is 5.51. The minimum absolute atomic E-state index is 0.0786. The predicted octanol–water partition coefficient (Wildman–Crippen LogP) is 4.72. The van der Waals surface area contributed by atoms with E-state index in [2.05, 4.69) is 15.5 Å². The van der Waals surface area contributed by atoms with Crippen molar-refractivity contribution in [3.63, 3.8) is 0 Å². The third kappa shape index (κ3) is 5.23. The maximum atomic E-state index is 13.0. The molecule has 0 saturated carbocycles. The Kier molecular flexibility index (Phi) is 6.57. The van der Waals surface area contributed by atoms with E-state index in [9.17, 15) is 9.59 Å². The van der Waals surface area contributed by atoms with Crippen molar-refractivity contribution in [2.24, 2.45) is 5.92 Å². The molecule has 1 aromatic carbocycles. The number of fused-ring (bicyclic) bond motifs is 1. The Morgan fingerprint density at radius 1 is 1.30 bits per heavy atom. The summed E-state index contributed by atoms with van der Waals surface area (Å²) >= 11 is 7.26. The third-order valence-electron chi connectivity index (χ3n) is 4.30. The van der Waals surface area contributed by atoms with Gasteiger partial charge in [0.15, 0.2) is 5.16 Å². The molecule has 0 fully saturated rings. The topological polar surface area (TPSA) is 90.0 Å². The summed E-state index contributed by atoms with van der Waals surface area (Å²) in [6.45, 7) is 10.6. The van der Waals surface area contributed by atoms with Gasteiger partial charge < -0.3 is 4.52 Å². The summed E-state index contributed by atoms with van der Waals surface area (Å²) in [5.41, 5.74) is 0.971. The van der Waals surface area contributed by atoms with Crippen LogP contribution in [-0.2, 0) is 16.8 Å². The number of aromatic nitrogens is 3. The molecule has 0 unspecified atom stereocenters. The highest BCUT2D eigenvalue weighted by Crippen LogP contribution is 2.24. The molecule has 2 heterocycles. The largest absolute Gasteiger partial charge is 0.338 e. The van der Waals surface area contributed by atoms with E-state index in [0.717, 1.165) is 5.69 Å². The number of carbonyl (C=O) groups is 1. The Bertz CT molecular complexity index is 1130. The molecule has 0 aliphatic rings. The SMILES string of the molecule is CC(C)Cn1c(SCC(=O)Nc2cc(C(C)(C)C)no2)nc2ccc(Cl)cc2c1=O. The van der Waals surface area contributed by atoms with Gasteiger partial charge in [0.25, 0.3) is 5.56 Å². The van der Waals surface area contributed by atoms with E-state index in [-0.39, 0.29) is 28.6 Å². The van der Waals surface area contributed by atoms with Crippen LogP contribution in [0.25, 0.3) is 10.9 Å². The van der Waals surface area contributed by atoms with Crippen LogP contribution in [0, 0.1) is 5.92 Å². The van der Waals surface area contributed by atoms with Crippen LogP contribution in [0.5, 0.6) is 0 Å². The number of thioether (sulfide) groups is 1. The normalized spacial score (nSPS) is 12.0. The first-order valence-electron chi connectivity index (χ1n) is 9.64. The van der Waals surface area contributed by atoms with Crippen molar-refractivity contribution < 1.29 is 9.32 Å². The van der Waals surface area contributed by atoms with Crippen molar-refractivity contribution >= 4 is 46.1 Å². The second-order valence-electron chi connectivity index (χ2n) is 8.53.